The molecule has 0 bridgehead atoms. The van der Waals surface area contributed by atoms with Gasteiger partial charge in [-0.25, -0.2) is 4.98 Å². The lowest BCUT2D eigenvalue weighted by atomic mass is 10.2. The summed E-state index contributed by atoms with van der Waals surface area (Å²) in [6.45, 7) is 0. The highest BCUT2D eigenvalue weighted by Crippen LogP contribution is 2.34. The number of aliphatic hydroxyl groups is 1. The van der Waals surface area contributed by atoms with Gasteiger partial charge in [0, 0.05) is 16.1 Å². The molecule has 1 aromatic carbocycles. The minimum absolute atomic E-state index is 0.0128. The maximum Gasteiger partial charge on any atom is 0.221 e. The topological polar surface area (TPSA) is 84.1 Å². The summed E-state index contributed by atoms with van der Waals surface area (Å²) in [4.78, 5) is 10.3. The third kappa shape index (κ3) is 3.63. The number of aromatic nitrogens is 2. The Kier molecular flexibility index (Phi) is 4.71. The molecule has 22 heavy (non-hydrogen) atoms. The zero-order valence-electron chi connectivity index (χ0n) is 11.9. The van der Waals surface area contributed by atoms with Gasteiger partial charge in [0.15, 0.2) is 0 Å². The Hall–Kier alpha value is -1.50. The van der Waals surface area contributed by atoms with Gasteiger partial charge in [-0.2, -0.15) is 4.98 Å². The van der Waals surface area contributed by atoms with E-state index in [0.29, 0.717) is 10.8 Å². The molecule has 0 radical (unpaired) electrons. The number of nitrogens with zero attached hydrogens (tertiary/aromatic N) is 2. The summed E-state index contributed by atoms with van der Waals surface area (Å²) in [5.74, 6) is 0.883. The second-order valence-corrected chi connectivity index (χ2v) is 6.80. The molecule has 0 spiro atoms. The van der Waals surface area contributed by atoms with Gasteiger partial charge in [-0.05, 0) is 43.5 Å². The van der Waals surface area contributed by atoms with Gasteiger partial charge in [-0.15, -0.1) is 0 Å². The summed E-state index contributed by atoms with van der Waals surface area (Å²) >= 11 is 7.44. The van der Waals surface area contributed by atoms with Crippen molar-refractivity contribution in [2.45, 2.75) is 41.2 Å². The lowest BCUT2D eigenvalue weighted by molar-refractivity contribution is 0.171. The van der Waals surface area contributed by atoms with Crippen molar-refractivity contribution in [3.05, 3.63) is 35.5 Å². The molecule has 1 aromatic heterocycles. The minimum Gasteiger partial charge on any atom is -0.391 e. The Labute approximate surface area is 138 Å². The molecule has 2 atom stereocenters. The molecule has 5 nitrogen and oxygen atoms in total. The van der Waals surface area contributed by atoms with Gasteiger partial charge in [0.05, 0.1) is 17.0 Å². The second kappa shape index (κ2) is 6.73. The summed E-state index contributed by atoms with van der Waals surface area (Å²) < 4.78 is 0. The fraction of sp³-hybridized carbons (Fsp3) is 0.333. The molecule has 0 aliphatic heterocycles. The molecule has 1 fully saturated rings. The highest BCUT2D eigenvalue weighted by atomic mass is 35.5. The number of rotatable bonds is 4. The maximum absolute atomic E-state index is 9.97. The smallest absolute Gasteiger partial charge is 0.221 e. The van der Waals surface area contributed by atoms with Crippen LogP contribution in [0.2, 0.25) is 5.02 Å². The zero-order valence-corrected chi connectivity index (χ0v) is 13.4. The quantitative estimate of drug-likeness (QED) is 0.795. The van der Waals surface area contributed by atoms with Crippen LogP contribution in [0.4, 0.5) is 11.8 Å². The van der Waals surface area contributed by atoms with Crippen LogP contribution in [0.25, 0.3) is 0 Å². The van der Waals surface area contributed by atoms with E-state index in [4.69, 9.17) is 17.3 Å². The molecule has 4 N–H and O–H groups in total. The van der Waals surface area contributed by atoms with E-state index < -0.39 is 0 Å². The minimum atomic E-state index is -0.343. The van der Waals surface area contributed by atoms with Crippen molar-refractivity contribution in [3.8, 4) is 0 Å². The number of anilines is 2. The molecule has 0 saturated heterocycles. The molecule has 1 saturated carbocycles. The predicted molar refractivity (Wildman–Crippen MR) is 89.3 cm³/mol. The molecule has 1 aliphatic carbocycles. The number of benzene rings is 1. The summed E-state index contributed by atoms with van der Waals surface area (Å²) in [7, 11) is 0. The Morgan fingerprint density at radius 1 is 1.27 bits per heavy atom. The molecule has 0 amide bonds. The third-order valence-corrected chi connectivity index (χ3v) is 4.90. The SMILES string of the molecule is Nc1ncc(Sc2ccc(Cl)cc2)c(NC2CCCC2O)n1. The van der Waals surface area contributed by atoms with Crippen LogP contribution in [0.15, 0.2) is 40.3 Å². The summed E-state index contributed by atoms with van der Waals surface area (Å²) in [6.07, 6.45) is 4.11. The Morgan fingerprint density at radius 2 is 2.05 bits per heavy atom. The standard InChI is InChI=1S/C15H17ClN4OS/c16-9-4-6-10(7-5-9)22-13-8-18-15(17)20-14(13)19-11-2-1-3-12(11)21/h4-8,11-12,21H,1-3H2,(H3,17,18,19,20). The number of nitrogens with two attached hydrogens (primary N) is 1. The fourth-order valence-corrected chi connectivity index (χ4v) is 3.44. The van der Waals surface area contributed by atoms with Crippen LogP contribution in [-0.2, 0) is 0 Å². The lowest BCUT2D eigenvalue weighted by Crippen LogP contribution is -2.28. The molecule has 1 heterocycles. The number of aliphatic hydroxyl groups excluding tert-OH is 1. The second-order valence-electron chi connectivity index (χ2n) is 5.25. The van der Waals surface area contributed by atoms with Gasteiger partial charge in [0.1, 0.15) is 5.82 Å². The fourth-order valence-electron chi connectivity index (χ4n) is 2.48. The van der Waals surface area contributed by atoms with Crippen LogP contribution in [0.1, 0.15) is 19.3 Å². The third-order valence-electron chi connectivity index (χ3n) is 3.62. The predicted octanol–water partition coefficient (Wildman–Crippen LogP) is 3.19. The maximum atomic E-state index is 9.97. The van der Waals surface area contributed by atoms with Crippen LogP contribution in [-0.4, -0.2) is 27.2 Å². The van der Waals surface area contributed by atoms with Crippen LogP contribution in [0.5, 0.6) is 0 Å². The van der Waals surface area contributed by atoms with E-state index in [1.165, 1.54) is 11.8 Å². The molecular weight excluding hydrogens is 320 g/mol. The van der Waals surface area contributed by atoms with E-state index in [0.717, 1.165) is 29.1 Å². The van der Waals surface area contributed by atoms with E-state index in [2.05, 4.69) is 15.3 Å². The largest absolute Gasteiger partial charge is 0.391 e. The van der Waals surface area contributed by atoms with Gasteiger partial charge < -0.3 is 16.2 Å². The first-order valence-corrected chi connectivity index (χ1v) is 8.32. The number of hydrogen-bond acceptors (Lipinski definition) is 6. The average molecular weight is 337 g/mol. The van der Waals surface area contributed by atoms with E-state index in [-0.39, 0.29) is 18.1 Å². The van der Waals surface area contributed by atoms with Gasteiger partial charge in [-0.1, -0.05) is 23.4 Å². The molecule has 2 unspecified atom stereocenters. The normalized spacial score (nSPS) is 21.0. The van der Waals surface area contributed by atoms with E-state index in [1.54, 1.807) is 6.20 Å². The number of halogens is 1. The Bertz CT molecular complexity index is 652. The zero-order chi connectivity index (χ0) is 15.5. The number of hydrogen-bond donors (Lipinski definition) is 3. The lowest BCUT2D eigenvalue weighted by Gasteiger charge is -2.19. The van der Waals surface area contributed by atoms with Gasteiger partial charge in [0.25, 0.3) is 0 Å². The Balaban J connectivity index is 1.82. The first-order valence-electron chi connectivity index (χ1n) is 7.12. The van der Waals surface area contributed by atoms with Crippen LogP contribution in [0, 0.1) is 0 Å². The summed E-state index contributed by atoms with van der Waals surface area (Å²) in [5, 5.41) is 14.0. The van der Waals surface area contributed by atoms with Gasteiger partial charge >= 0.3 is 0 Å². The van der Waals surface area contributed by atoms with Crippen molar-refractivity contribution in [2.24, 2.45) is 0 Å². The first-order chi connectivity index (χ1) is 10.6. The van der Waals surface area contributed by atoms with Crippen molar-refractivity contribution in [1.29, 1.82) is 0 Å². The molecule has 2 aromatic rings. The van der Waals surface area contributed by atoms with Crippen LogP contribution < -0.4 is 11.1 Å². The van der Waals surface area contributed by atoms with Crippen molar-refractivity contribution in [1.82, 2.24) is 9.97 Å². The monoisotopic (exact) mass is 336 g/mol. The summed E-state index contributed by atoms with van der Waals surface area (Å²) in [5.41, 5.74) is 5.70. The van der Waals surface area contributed by atoms with Gasteiger partial charge in [-0.3, -0.25) is 0 Å². The Morgan fingerprint density at radius 3 is 2.73 bits per heavy atom. The summed E-state index contributed by atoms with van der Waals surface area (Å²) in [6, 6.07) is 7.58. The van der Waals surface area contributed by atoms with Gasteiger partial charge in [0.2, 0.25) is 5.95 Å². The van der Waals surface area contributed by atoms with Crippen LogP contribution in [0.3, 0.4) is 0 Å². The van der Waals surface area contributed by atoms with E-state index in [1.807, 2.05) is 24.3 Å². The number of nitrogen functional groups attached to an aromatic ring is 1. The van der Waals surface area contributed by atoms with Crippen molar-refractivity contribution in [2.75, 3.05) is 11.1 Å². The van der Waals surface area contributed by atoms with E-state index >= 15 is 0 Å². The first kappa shape index (κ1) is 15.4. The molecular formula is C15H17ClN4OS. The molecule has 1 aliphatic rings. The average Bonchev–Trinajstić information content (AvgIpc) is 2.89. The highest BCUT2D eigenvalue weighted by Gasteiger charge is 2.26. The molecule has 116 valence electrons. The van der Waals surface area contributed by atoms with Crippen molar-refractivity contribution in [3.63, 3.8) is 0 Å². The highest BCUT2D eigenvalue weighted by molar-refractivity contribution is 7.99. The molecule has 7 heteroatoms. The van der Waals surface area contributed by atoms with Crippen molar-refractivity contribution < 1.29 is 5.11 Å². The van der Waals surface area contributed by atoms with Crippen molar-refractivity contribution >= 4 is 35.1 Å². The number of nitrogens with one attached hydrogen (secondary N) is 1. The molecule has 3 rings (SSSR count). The van der Waals surface area contributed by atoms with E-state index in [9.17, 15) is 5.11 Å². The van der Waals surface area contributed by atoms with Crippen LogP contribution >= 0.6 is 23.4 Å².